The summed E-state index contributed by atoms with van der Waals surface area (Å²) in [7, 11) is 1.96. The smallest absolute Gasteiger partial charge is 0.126 e. The summed E-state index contributed by atoms with van der Waals surface area (Å²) in [6.45, 7) is 2.26. The van der Waals surface area contributed by atoms with E-state index in [0.29, 0.717) is 12.4 Å². The van der Waals surface area contributed by atoms with Crippen LogP contribution in [0.2, 0.25) is 0 Å². The van der Waals surface area contributed by atoms with E-state index in [2.05, 4.69) is 20.9 Å². The Balaban J connectivity index is 2.03. The largest absolute Gasteiger partial charge is 0.493 e. The van der Waals surface area contributed by atoms with Crippen LogP contribution in [-0.2, 0) is 13.5 Å². The van der Waals surface area contributed by atoms with Crippen molar-refractivity contribution in [2.75, 3.05) is 6.61 Å². The van der Waals surface area contributed by atoms with Crippen molar-refractivity contribution in [2.24, 2.45) is 7.05 Å². The number of ether oxygens (including phenoxy) is 1. The molecule has 0 amide bonds. The first-order valence-corrected chi connectivity index (χ1v) is 6.93. The molecule has 2 rings (SSSR count). The van der Waals surface area contributed by atoms with Gasteiger partial charge in [0.2, 0.25) is 0 Å². The summed E-state index contributed by atoms with van der Waals surface area (Å²) in [5, 5.41) is 9.71. The van der Waals surface area contributed by atoms with Gasteiger partial charge in [-0.2, -0.15) is 0 Å². The van der Waals surface area contributed by atoms with Crippen molar-refractivity contribution >= 4 is 15.9 Å². The molecule has 0 bridgehead atoms. The lowest BCUT2D eigenvalue weighted by Gasteiger charge is -2.13. The molecular weight excluding hydrogens is 308 g/mol. The minimum Gasteiger partial charge on any atom is -0.493 e. The van der Waals surface area contributed by atoms with Gasteiger partial charge in [0.25, 0.3) is 0 Å². The molecule has 4 nitrogen and oxygen atoms in total. The Bertz CT molecular complexity index is 552. The van der Waals surface area contributed by atoms with Crippen molar-refractivity contribution in [2.45, 2.75) is 19.4 Å². The highest BCUT2D eigenvalue weighted by molar-refractivity contribution is 9.10. The lowest BCUT2D eigenvalue weighted by Crippen LogP contribution is -2.08. The van der Waals surface area contributed by atoms with E-state index in [1.54, 1.807) is 13.1 Å². The van der Waals surface area contributed by atoms with Crippen LogP contribution in [0.25, 0.3) is 0 Å². The van der Waals surface area contributed by atoms with E-state index in [1.165, 1.54) is 0 Å². The van der Waals surface area contributed by atoms with Crippen LogP contribution < -0.4 is 4.74 Å². The standard InChI is InChI=1S/C14H17BrN2O2/c1-10(18)12-4-3-11(15)9-13(12)19-8-5-14-16-6-7-17(14)2/h3-4,6-7,9-10,18H,5,8H2,1-2H3/t10-/m0/s1. The molecule has 0 fully saturated rings. The molecule has 1 atom stereocenters. The Kier molecular flexibility index (Phi) is 4.61. The van der Waals surface area contributed by atoms with Gasteiger partial charge < -0.3 is 14.4 Å². The third kappa shape index (κ3) is 3.58. The van der Waals surface area contributed by atoms with Crippen LogP contribution in [0.1, 0.15) is 24.4 Å². The van der Waals surface area contributed by atoms with Gasteiger partial charge in [-0.25, -0.2) is 4.98 Å². The fourth-order valence-electron chi connectivity index (χ4n) is 1.87. The van der Waals surface area contributed by atoms with Gasteiger partial charge >= 0.3 is 0 Å². The van der Waals surface area contributed by atoms with Crippen molar-refractivity contribution in [3.8, 4) is 5.75 Å². The average Bonchev–Trinajstić information content (AvgIpc) is 2.75. The molecule has 1 aromatic heterocycles. The normalized spacial score (nSPS) is 12.4. The highest BCUT2D eigenvalue weighted by Crippen LogP contribution is 2.28. The molecule has 2 aromatic rings. The Hall–Kier alpha value is -1.33. The van der Waals surface area contributed by atoms with Crippen LogP contribution in [0.5, 0.6) is 5.75 Å². The molecule has 0 unspecified atom stereocenters. The number of aromatic nitrogens is 2. The maximum Gasteiger partial charge on any atom is 0.126 e. The van der Waals surface area contributed by atoms with Crippen LogP contribution in [0.15, 0.2) is 35.1 Å². The zero-order chi connectivity index (χ0) is 13.8. The summed E-state index contributed by atoms with van der Waals surface area (Å²) < 4.78 is 8.67. The van der Waals surface area contributed by atoms with E-state index >= 15 is 0 Å². The van der Waals surface area contributed by atoms with Gasteiger partial charge in [-0.05, 0) is 19.1 Å². The molecular formula is C14H17BrN2O2. The second kappa shape index (κ2) is 6.21. The van der Waals surface area contributed by atoms with E-state index in [0.717, 1.165) is 22.3 Å². The number of aryl methyl sites for hydroxylation is 1. The molecule has 0 saturated heterocycles. The van der Waals surface area contributed by atoms with Crippen molar-refractivity contribution < 1.29 is 9.84 Å². The summed E-state index contributed by atoms with van der Waals surface area (Å²) in [5.41, 5.74) is 0.794. The quantitative estimate of drug-likeness (QED) is 0.919. The number of hydrogen-bond donors (Lipinski definition) is 1. The molecule has 0 spiro atoms. The van der Waals surface area contributed by atoms with Crippen LogP contribution in [-0.4, -0.2) is 21.3 Å². The molecule has 1 N–H and O–H groups in total. The van der Waals surface area contributed by atoms with Gasteiger partial charge in [0.1, 0.15) is 11.6 Å². The molecule has 1 aromatic carbocycles. The van der Waals surface area contributed by atoms with Crippen molar-refractivity contribution in [3.63, 3.8) is 0 Å². The molecule has 1 heterocycles. The minimum atomic E-state index is -0.545. The Morgan fingerprint density at radius 2 is 2.26 bits per heavy atom. The zero-order valence-corrected chi connectivity index (χ0v) is 12.6. The SMILES string of the molecule is C[C@H](O)c1ccc(Br)cc1OCCc1nccn1C. The fourth-order valence-corrected chi connectivity index (χ4v) is 2.21. The summed E-state index contributed by atoms with van der Waals surface area (Å²) >= 11 is 3.41. The number of hydrogen-bond acceptors (Lipinski definition) is 3. The average molecular weight is 325 g/mol. The van der Waals surface area contributed by atoms with Crippen molar-refractivity contribution in [1.29, 1.82) is 0 Å². The number of aliphatic hydroxyl groups excluding tert-OH is 1. The Morgan fingerprint density at radius 3 is 2.89 bits per heavy atom. The summed E-state index contributed by atoms with van der Waals surface area (Å²) in [6.07, 6.45) is 3.87. The number of benzene rings is 1. The van der Waals surface area contributed by atoms with Gasteiger partial charge in [-0.1, -0.05) is 22.0 Å². The van der Waals surface area contributed by atoms with E-state index in [9.17, 15) is 5.11 Å². The van der Waals surface area contributed by atoms with Gasteiger partial charge in [-0.3, -0.25) is 0 Å². The number of imidazole rings is 1. The summed E-state index contributed by atoms with van der Waals surface area (Å²) in [5.74, 6) is 1.69. The lowest BCUT2D eigenvalue weighted by molar-refractivity contribution is 0.191. The van der Waals surface area contributed by atoms with E-state index in [1.807, 2.05) is 36.0 Å². The Labute approximate surface area is 121 Å². The predicted octanol–water partition coefficient (Wildman–Crippen LogP) is 2.86. The second-order valence-corrected chi connectivity index (χ2v) is 5.33. The monoisotopic (exact) mass is 324 g/mol. The number of rotatable bonds is 5. The van der Waals surface area contributed by atoms with Crippen LogP contribution in [0.3, 0.4) is 0 Å². The van der Waals surface area contributed by atoms with E-state index in [-0.39, 0.29) is 0 Å². The van der Waals surface area contributed by atoms with Crippen molar-refractivity contribution in [3.05, 3.63) is 46.5 Å². The minimum absolute atomic E-state index is 0.529. The molecule has 0 aliphatic heterocycles. The molecule has 102 valence electrons. The number of nitrogens with zero attached hydrogens (tertiary/aromatic N) is 2. The third-order valence-electron chi connectivity index (χ3n) is 2.93. The van der Waals surface area contributed by atoms with Gasteiger partial charge in [0.05, 0.1) is 12.7 Å². The number of halogens is 1. The molecule has 19 heavy (non-hydrogen) atoms. The molecule has 0 saturated carbocycles. The molecule has 0 aliphatic carbocycles. The fraction of sp³-hybridized carbons (Fsp3) is 0.357. The summed E-state index contributed by atoms with van der Waals surface area (Å²) in [4.78, 5) is 4.25. The predicted molar refractivity (Wildman–Crippen MR) is 77.2 cm³/mol. The maximum atomic E-state index is 9.71. The highest BCUT2D eigenvalue weighted by Gasteiger charge is 2.10. The Morgan fingerprint density at radius 1 is 1.47 bits per heavy atom. The van der Waals surface area contributed by atoms with Crippen LogP contribution in [0.4, 0.5) is 0 Å². The maximum absolute atomic E-state index is 9.71. The molecule has 0 radical (unpaired) electrons. The number of aliphatic hydroxyl groups is 1. The second-order valence-electron chi connectivity index (χ2n) is 4.41. The first-order valence-electron chi connectivity index (χ1n) is 6.14. The lowest BCUT2D eigenvalue weighted by atomic mass is 10.1. The first-order chi connectivity index (χ1) is 9.08. The van der Waals surface area contributed by atoms with Crippen molar-refractivity contribution in [1.82, 2.24) is 9.55 Å². The van der Waals surface area contributed by atoms with E-state index in [4.69, 9.17) is 4.74 Å². The van der Waals surface area contributed by atoms with Gasteiger partial charge in [0.15, 0.2) is 0 Å². The van der Waals surface area contributed by atoms with Crippen LogP contribution in [0, 0.1) is 0 Å². The first kappa shape index (κ1) is 14.1. The molecule has 0 aliphatic rings. The summed E-state index contributed by atoms with van der Waals surface area (Å²) in [6, 6.07) is 5.64. The third-order valence-corrected chi connectivity index (χ3v) is 3.42. The zero-order valence-electron chi connectivity index (χ0n) is 11.0. The topological polar surface area (TPSA) is 47.3 Å². The van der Waals surface area contributed by atoms with Gasteiger partial charge in [0, 0.05) is 35.9 Å². The van der Waals surface area contributed by atoms with Crippen LogP contribution >= 0.6 is 15.9 Å². The highest BCUT2D eigenvalue weighted by atomic mass is 79.9. The van der Waals surface area contributed by atoms with E-state index < -0.39 is 6.10 Å². The van der Waals surface area contributed by atoms with Gasteiger partial charge in [-0.15, -0.1) is 0 Å². The molecule has 5 heteroatoms.